The molecule has 100 valence electrons. The molecule has 5 heteroatoms. The predicted molar refractivity (Wildman–Crippen MR) is 69.3 cm³/mol. The van der Waals surface area contributed by atoms with Gasteiger partial charge in [-0.05, 0) is 40.5 Å². The van der Waals surface area contributed by atoms with Crippen LogP contribution in [-0.4, -0.2) is 5.11 Å². The highest BCUT2D eigenvalue weighted by Crippen LogP contribution is 2.32. The van der Waals surface area contributed by atoms with Crippen molar-refractivity contribution in [1.29, 1.82) is 0 Å². The average molecular weight is 331 g/mol. The maximum absolute atomic E-state index is 13.9. The van der Waals surface area contributed by atoms with Crippen LogP contribution in [0.15, 0.2) is 34.8 Å². The van der Waals surface area contributed by atoms with Crippen LogP contribution in [0.1, 0.15) is 22.8 Å². The van der Waals surface area contributed by atoms with E-state index in [0.717, 1.165) is 6.07 Å². The highest BCUT2D eigenvalue weighted by molar-refractivity contribution is 9.10. The van der Waals surface area contributed by atoms with E-state index in [1.807, 2.05) is 0 Å². The van der Waals surface area contributed by atoms with Crippen molar-refractivity contribution in [2.75, 3.05) is 0 Å². The first-order valence-corrected chi connectivity index (χ1v) is 6.29. The summed E-state index contributed by atoms with van der Waals surface area (Å²) < 4.78 is 41.4. The van der Waals surface area contributed by atoms with E-state index in [4.69, 9.17) is 0 Å². The molecule has 0 saturated heterocycles. The SMILES string of the molecule is Cc1cccc(C(O)c2c(F)ccc(Br)c2F)c1F. The van der Waals surface area contributed by atoms with E-state index in [1.54, 1.807) is 0 Å². The monoisotopic (exact) mass is 330 g/mol. The van der Waals surface area contributed by atoms with Gasteiger partial charge in [-0.2, -0.15) is 0 Å². The summed E-state index contributed by atoms with van der Waals surface area (Å²) in [5.41, 5.74) is -0.429. The van der Waals surface area contributed by atoms with Crippen molar-refractivity contribution < 1.29 is 18.3 Å². The number of hydrogen-bond donors (Lipinski definition) is 1. The first-order chi connectivity index (χ1) is 8.93. The Balaban J connectivity index is 2.59. The van der Waals surface area contributed by atoms with Gasteiger partial charge in [0.2, 0.25) is 0 Å². The predicted octanol–water partition coefficient (Wildman–Crippen LogP) is 4.26. The molecular weight excluding hydrogens is 321 g/mol. The summed E-state index contributed by atoms with van der Waals surface area (Å²) >= 11 is 2.91. The number of aryl methyl sites for hydroxylation is 1. The van der Waals surface area contributed by atoms with Crippen LogP contribution < -0.4 is 0 Å². The van der Waals surface area contributed by atoms with Crippen molar-refractivity contribution in [2.24, 2.45) is 0 Å². The Hall–Kier alpha value is -1.33. The van der Waals surface area contributed by atoms with Gasteiger partial charge in [0.05, 0.1) is 10.0 Å². The summed E-state index contributed by atoms with van der Waals surface area (Å²) in [4.78, 5) is 0. The number of rotatable bonds is 2. The van der Waals surface area contributed by atoms with Gasteiger partial charge in [0.25, 0.3) is 0 Å². The van der Waals surface area contributed by atoms with Crippen LogP contribution in [0.25, 0.3) is 0 Å². The molecule has 1 atom stereocenters. The molecule has 0 aromatic heterocycles. The van der Waals surface area contributed by atoms with E-state index in [9.17, 15) is 18.3 Å². The van der Waals surface area contributed by atoms with Crippen LogP contribution in [0.3, 0.4) is 0 Å². The third-order valence-corrected chi connectivity index (χ3v) is 3.48. The normalized spacial score (nSPS) is 12.5. The number of aliphatic hydroxyl groups is 1. The van der Waals surface area contributed by atoms with Gasteiger partial charge in [0, 0.05) is 5.56 Å². The topological polar surface area (TPSA) is 20.2 Å². The maximum Gasteiger partial charge on any atom is 0.146 e. The Morgan fingerprint density at radius 3 is 2.42 bits per heavy atom. The summed E-state index contributed by atoms with van der Waals surface area (Å²) in [5.74, 6) is -2.53. The second-order valence-electron chi connectivity index (χ2n) is 4.14. The quantitative estimate of drug-likeness (QED) is 0.816. The molecule has 0 fully saturated rings. The molecule has 1 N–H and O–H groups in total. The zero-order valence-corrected chi connectivity index (χ0v) is 11.5. The zero-order chi connectivity index (χ0) is 14.2. The van der Waals surface area contributed by atoms with Crippen molar-refractivity contribution in [2.45, 2.75) is 13.0 Å². The molecule has 0 aliphatic rings. The molecule has 1 unspecified atom stereocenters. The van der Waals surface area contributed by atoms with Gasteiger partial charge < -0.3 is 5.11 Å². The molecule has 2 rings (SSSR count). The highest BCUT2D eigenvalue weighted by Gasteiger charge is 2.24. The molecule has 0 aliphatic carbocycles. The number of halogens is 4. The number of hydrogen-bond acceptors (Lipinski definition) is 1. The lowest BCUT2D eigenvalue weighted by molar-refractivity contribution is 0.203. The average Bonchev–Trinajstić information content (AvgIpc) is 2.37. The maximum atomic E-state index is 13.9. The first-order valence-electron chi connectivity index (χ1n) is 5.50. The van der Waals surface area contributed by atoms with Crippen molar-refractivity contribution in [3.8, 4) is 0 Å². The Kier molecular flexibility index (Phi) is 3.96. The van der Waals surface area contributed by atoms with Crippen LogP contribution in [-0.2, 0) is 0 Å². The van der Waals surface area contributed by atoms with E-state index >= 15 is 0 Å². The van der Waals surface area contributed by atoms with E-state index in [2.05, 4.69) is 15.9 Å². The van der Waals surface area contributed by atoms with E-state index < -0.39 is 29.1 Å². The molecule has 0 bridgehead atoms. The molecule has 0 heterocycles. The number of benzene rings is 2. The second kappa shape index (κ2) is 5.35. The summed E-state index contributed by atoms with van der Waals surface area (Å²) in [6, 6.07) is 6.53. The van der Waals surface area contributed by atoms with Crippen molar-refractivity contribution >= 4 is 15.9 Å². The molecule has 2 aromatic rings. The van der Waals surface area contributed by atoms with Crippen LogP contribution in [0.4, 0.5) is 13.2 Å². The van der Waals surface area contributed by atoms with Crippen LogP contribution in [0.2, 0.25) is 0 Å². The van der Waals surface area contributed by atoms with Crippen LogP contribution in [0, 0.1) is 24.4 Å². The van der Waals surface area contributed by atoms with Crippen molar-refractivity contribution in [1.82, 2.24) is 0 Å². The summed E-state index contributed by atoms with van der Waals surface area (Å²) in [5, 5.41) is 10.0. The van der Waals surface area contributed by atoms with Crippen molar-refractivity contribution in [3.05, 3.63) is 68.9 Å². The first kappa shape index (κ1) is 14.1. The fraction of sp³-hybridized carbons (Fsp3) is 0.143. The Bertz CT molecular complexity index is 628. The summed E-state index contributed by atoms with van der Waals surface area (Å²) in [6.45, 7) is 1.51. The van der Waals surface area contributed by atoms with Crippen LogP contribution in [0.5, 0.6) is 0 Å². The third kappa shape index (κ3) is 2.53. The minimum atomic E-state index is -1.70. The molecule has 0 spiro atoms. The van der Waals surface area contributed by atoms with Gasteiger partial charge >= 0.3 is 0 Å². The minimum absolute atomic E-state index is 0.0102. The molecule has 19 heavy (non-hydrogen) atoms. The lowest BCUT2D eigenvalue weighted by atomic mass is 9.98. The second-order valence-corrected chi connectivity index (χ2v) is 4.99. The largest absolute Gasteiger partial charge is 0.383 e. The molecular formula is C14H10BrF3O. The molecule has 1 nitrogen and oxygen atoms in total. The smallest absolute Gasteiger partial charge is 0.146 e. The molecule has 0 saturated carbocycles. The van der Waals surface area contributed by atoms with E-state index in [-0.39, 0.29) is 10.0 Å². The highest BCUT2D eigenvalue weighted by atomic mass is 79.9. The van der Waals surface area contributed by atoms with Gasteiger partial charge in [-0.15, -0.1) is 0 Å². The molecule has 0 aliphatic heterocycles. The zero-order valence-electron chi connectivity index (χ0n) is 9.92. The van der Waals surface area contributed by atoms with Gasteiger partial charge in [0.1, 0.15) is 23.6 Å². The van der Waals surface area contributed by atoms with Crippen LogP contribution >= 0.6 is 15.9 Å². The van der Waals surface area contributed by atoms with Gasteiger partial charge in [-0.3, -0.25) is 0 Å². The van der Waals surface area contributed by atoms with E-state index in [1.165, 1.54) is 31.2 Å². The van der Waals surface area contributed by atoms with Gasteiger partial charge in [-0.25, -0.2) is 13.2 Å². The number of aliphatic hydroxyl groups excluding tert-OH is 1. The Morgan fingerprint density at radius 2 is 1.74 bits per heavy atom. The fourth-order valence-corrected chi connectivity index (χ4v) is 2.18. The Morgan fingerprint density at radius 1 is 1.05 bits per heavy atom. The standard InChI is InChI=1S/C14H10BrF3O/c1-7-3-2-4-8(12(7)17)14(19)11-10(16)6-5-9(15)13(11)18/h2-6,14,19H,1H3. The third-order valence-electron chi connectivity index (χ3n) is 2.87. The summed E-state index contributed by atoms with van der Waals surface area (Å²) in [7, 11) is 0. The molecule has 0 radical (unpaired) electrons. The van der Waals surface area contributed by atoms with Gasteiger partial charge in [0.15, 0.2) is 0 Å². The lowest BCUT2D eigenvalue weighted by Crippen LogP contribution is -2.09. The van der Waals surface area contributed by atoms with E-state index in [0.29, 0.717) is 5.56 Å². The molecule has 0 amide bonds. The Labute approximate surface area is 116 Å². The fourth-order valence-electron chi connectivity index (χ4n) is 1.83. The lowest BCUT2D eigenvalue weighted by Gasteiger charge is -2.15. The van der Waals surface area contributed by atoms with Crippen molar-refractivity contribution in [3.63, 3.8) is 0 Å². The van der Waals surface area contributed by atoms with Gasteiger partial charge in [-0.1, -0.05) is 18.2 Å². The minimum Gasteiger partial charge on any atom is -0.383 e. The molecule has 2 aromatic carbocycles. The summed E-state index contributed by atoms with van der Waals surface area (Å²) in [6.07, 6.45) is -1.70.